The van der Waals surface area contributed by atoms with Crippen molar-refractivity contribution in [3.63, 3.8) is 0 Å². The first-order valence-electron chi connectivity index (χ1n) is 6.26. The predicted molar refractivity (Wildman–Crippen MR) is 60.2 cm³/mol. The Morgan fingerprint density at radius 1 is 1.29 bits per heavy atom. The second kappa shape index (κ2) is 4.10. The van der Waals surface area contributed by atoms with E-state index in [1.54, 1.807) is 6.08 Å². The lowest BCUT2D eigenvalue weighted by molar-refractivity contribution is -0.154. The van der Waals surface area contributed by atoms with Crippen LogP contribution in [0.1, 0.15) is 25.7 Å². The molecule has 2 atom stereocenters. The number of methoxy groups -OCH3 is 1. The van der Waals surface area contributed by atoms with Crippen molar-refractivity contribution in [2.24, 2.45) is 11.8 Å². The highest BCUT2D eigenvalue weighted by Crippen LogP contribution is 2.53. The van der Waals surface area contributed by atoms with Crippen molar-refractivity contribution in [1.82, 2.24) is 0 Å². The molecule has 0 aromatic carbocycles. The van der Waals surface area contributed by atoms with Crippen LogP contribution in [-0.2, 0) is 19.0 Å². The molecule has 1 spiro atoms. The van der Waals surface area contributed by atoms with E-state index >= 15 is 0 Å². The minimum absolute atomic E-state index is 0.233. The van der Waals surface area contributed by atoms with Gasteiger partial charge in [-0.25, -0.2) is 4.79 Å². The van der Waals surface area contributed by atoms with E-state index in [2.05, 4.69) is 4.74 Å². The normalized spacial score (nSPS) is 36.6. The maximum absolute atomic E-state index is 11.2. The molecule has 0 N–H and O–H groups in total. The summed E-state index contributed by atoms with van der Waals surface area (Å²) in [6.07, 6.45) is 5.61. The average Bonchev–Trinajstić information content (AvgIpc) is 2.95. The quantitative estimate of drug-likeness (QED) is 0.514. The molecular weight excluding hydrogens is 220 g/mol. The summed E-state index contributed by atoms with van der Waals surface area (Å²) in [5.74, 6) is 0.711. The summed E-state index contributed by atoms with van der Waals surface area (Å²) < 4.78 is 16.1. The van der Waals surface area contributed by atoms with Gasteiger partial charge in [-0.3, -0.25) is 0 Å². The van der Waals surface area contributed by atoms with E-state index in [1.807, 2.05) is 0 Å². The Bertz CT molecular complexity index is 336. The molecule has 3 rings (SSSR count). The summed E-state index contributed by atoms with van der Waals surface area (Å²) in [7, 11) is 1.42. The maximum Gasteiger partial charge on any atom is 0.330 e. The maximum atomic E-state index is 11.2. The monoisotopic (exact) mass is 238 g/mol. The van der Waals surface area contributed by atoms with E-state index in [-0.39, 0.29) is 11.8 Å². The van der Waals surface area contributed by atoms with Gasteiger partial charge in [0.15, 0.2) is 5.79 Å². The zero-order chi connectivity index (χ0) is 11.9. The first-order valence-corrected chi connectivity index (χ1v) is 6.26. The zero-order valence-electron chi connectivity index (χ0n) is 10.1. The number of carbonyl (C=O) groups excluding carboxylic acids is 1. The van der Waals surface area contributed by atoms with Crippen LogP contribution in [-0.4, -0.2) is 32.1 Å². The topological polar surface area (TPSA) is 44.8 Å². The Hall–Kier alpha value is -0.870. The lowest BCUT2D eigenvalue weighted by Gasteiger charge is -2.22. The summed E-state index contributed by atoms with van der Waals surface area (Å²) in [6, 6.07) is 0. The molecule has 1 heterocycles. The largest absolute Gasteiger partial charge is 0.466 e. The number of hydrogen-bond acceptors (Lipinski definition) is 4. The number of carbonyl (C=O) groups is 1. The minimum Gasteiger partial charge on any atom is -0.466 e. The molecule has 3 aliphatic rings. The van der Waals surface area contributed by atoms with E-state index < -0.39 is 0 Å². The van der Waals surface area contributed by atoms with Crippen molar-refractivity contribution in [3.8, 4) is 0 Å². The lowest BCUT2D eigenvalue weighted by Crippen LogP contribution is -2.26. The number of rotatable bonds is 1. The van der Waals surface area contributed by atoms with Gasteiger partial charge in [-0.2, -0.15) is 0 Å². The summed E-state index contributed by atoms with van der Waals surface area (Å²) in [4.78, 5) is 11.2. The van der Waals surface area contributed by atoms with Crippen LogP contribution in [0.3, 0.4) is 0 Å². The standard InChI is InChI=1S/C13H18O4/c1-15-12(14)6-9-4-10-7-13(8-11(10)5-9)16-2-3-17-13/h6,10-11H,2-5,7-8H2,1H3/t10-,11+. The SMILES string of the molecule is COC(=O)C=C1C[C@@H]2CC3(C[C@@H]2C1)OCCO3. The molecule has 1 saturated heterocycles. The van der Waals surface area contributed by atoms with Gasteiger partial charge < -0.3 is 14.2 Å². The van der Waals surface area contributed by atoms with Crippen molar-refractivity contribution >= 4 is 5.97 Å². The fourth-order valence-corrected chi connectivity index (χ4v) is 3.53. The molecule has 2 saturated carbocycles. The molecular formula is C13H18O4. The van der Waals surface area contributed by atoms with Crippen molar-refractivity contribution in [2.75, 3.05) is 20.3 Å². The number of esters is 1. The molecule has 0 radical (unpaired) electrons. The third kappa shape index (κ3) is 2.00. The van der Waals surface area contributed by atoms with Crippen LogP contribution >= 0.6 is 0 Å². The number of ether oxygens (including phenoxy) is 3. The first-order chi connectivity index (χ1) is 8.21. The third-order valence-electron chi connectivity index (χ3n) is 4.20. The van der Waals surface area contributed by atoms with Crippen LogP contribution < -0.4 is 0 Å². The summed E-state index contributed by atoms with van der Waals surface area (Å²) in [5.41, 5.74) is 1.22. The smallest absolute Gasteiger partial charge is 0.330 e. The number of fused-ring (bicyclic) bond motifs is 1. The molecule has 3 fully saturated rings. The minimum atomic E-state index is -0.286. The van der Waals surface area contributed by atoms with Gasteiger partial charge >= 0.3 is 5.97 Å². The summed E-state index contributed by atoms with van der Waals surface area (Å²) >= 11 is 0. The van der Waals surface area contributed by atoms with Crippen LogP contribution in [0.15, 0.2) is 11.6 Å². The number of hydrogen-bond donors (Lipinski definition) is 0. The second-order valence-electron chi connectivity index (χ2n) is 5.27. The highest BCUT2D eigenvalue weighted by Gasteiger charge is 2.51. The summed E-state index contributed by atoms with van der Waals surface area (Å²) in [5, 5.41) is 0. The first kappa shape index (κ1) is 11.2. The highest BCUT2D eigenvalue weighted by atomic mass is 16.7. The highest BCUT2D eigenvalue weighted by molar-refractivity contribution is 5.82. The van der Waals surface area contributed by atoms with Gasteiger partial charge in [-0.05, 0) is 24.7 Å². The fraction of sp³-hybridized carbons (Fsp3) is 0.769. The van der Waals surface area contributed by atoms with Gasteiger partial charge in [0.25, 0.3) is 0 Å². The zero-order valence-corrected chi connectivity index (χ0v) is 10.1. The van der Waals surface area contributed by atoms with Crippen LogP contribution in [0, 0.1) is 11.8 Å². The van der Waals surface area contributed by atoms with Gasteiger partial charge in [0.2, 0.25) is 0 Å². The van der Waals surface area contributed by atoms with Crippen LogP contribution in [0.25, 0.3) is 0 Å². The molecule has 2 aliphatic carbocycles. The summed E-state index contributed by atoms with van der Waals surface area (Å²) in [6.45, 7) is 1.45. The Labute approximate surface area is 101 Å². The van der Waals surface area contributed by atoms with Gasteiger partial charge in [0.1, 0.15) is 0 Å². The van der Waals surface area contributed by atoms with E-state index in [0.717, 1.165) is 38.9 Å². The van der Waals surface area contributed by atoms with Gasteiger partial charge in [-0.15, -0.1) is 0 Å². The Balaban J connectivity index is 1.65. The second-order valence-corrected chi connectivity index (χ2v) is 5.27. The molecule has 0 aromatic rings. The molecule has 4 heteroatoms. The predicted octanol–water partition coefficient (Wildman–Crippen LogP) is 1.65. The molecule has 0 unspecified atom stereocenters. The Kier molecular flexibility index (Phi) is 2.71. The Morgan fingerprint density at radius 3 is 2.41 bits per heavy atom. The van der Waals surface area contributed by atoms with Crippen LogP contribution in [0.2, 0.25) is 0 Å². The van der Waals surface area contributed by atoms with Crippen LogP contribution in [0.5, 0.6) is 0 Å². The van der Waals surface area contributed by atoms with Crippen molar-refractivity contribution < 1.29 is 19.0 Å². The molecule has 0 aromatic heterocycles. The lowest BCUT2D eigenvalue weighted by atomic mass is 10.0. The molecule has 0 bridgehead atoms. The Morgan fingerprint density at radius 2 is 1.88 bits per heavy atom. The molecule has 17 heavy (non-hydrogen) atoms. The molecule has 4 nitrogen and oxygen atoms in total. The van der Waals surface area contributed by atoms with Crippen LogP contribution in [0.4, 0.5) is 0 Å². The van der Waals surface area contributed by atoms with Gasteiger partial charge in [0, 0.05) is 18.9 Å². The molecule has 1 aliphatic heterocycles. The molecule has 94 valence electrons. The van der Waals surface area contributed by atoms with E-state index in [4.69, 9.17) is 9.47 Å². The van der Waals surface area contributed by atoms with Crippen molar-refractivity contribution in [2.45, 2.75) is 31.5 Å². The number of allylic oxidation sites excluding steroid dienone is 1. The van der Waals surface area contributed by atoms with Crippen molar-refractivity contribution in [3.05, 3.63) is 11.6 Å². The van der Waals surface area contributed by atoms with E-state index in [9.17, 15) is 4.79 Å². The van der Waals surface area contributed by atoms with Crippen molar-refractivity contribution in [1.29, 1.82) is 0 Å². The van der Waals surface area contributed by atoms with Gasteiger partial charge in [-0.1, -0.05) is 5.57 Å². The van der Waals surface area contributed by atoms with Gasteiger partial charge in [0.05, 0.1) is 20.3 Å². The third-order valence-corrected chi connectivity index (χ3v) is 4.20. The molecule has 0 amide bonds. The average molecular weight is 238 g/mol. The van der Waals surface area contributed by atoms with E-state index in [0.29, 0.717) is 11.8 Å². The van der Waals surface area contributed by atoms with E-state index in [1.165, 1.54) is 12.7 Å². The fourth-order valence-electron chi connectivity index (χ4n) is 3.53.